The van der Waals surface area contributed by atoms with Crippen molar-refractivity contribution in [2.45, 2.75) is 19.4 Å². The van der Waals surface area contributed by atoms with Crippen LogP contribution < -0.4 is 24.7 Å². The summed E-state index contributed by atoms with van der Waals surface area (Å²) in [5.74, 6) is 0.250. The summed E-state index contributed by atoms with van der Waals surface area (Å²) < 4.78 is 23.3. The van der Waals surface area contributed by atoms with Crippen LogP contribution >= 0.6 is 34.8 Å². The second-order valence-corrected chi connectivity index (χ2v) is 10.4. The van der Waals surface area contributed by atoms with Gasteiger partial charge in [-0.2, -0.15) is 5.26 Å². The average molecular weight is 622 g/mol. The predicted molar refractivity (Wildman–Crippen MR) is 161 cm³/mol. The molecule has 1 aliphatic heterocycles. The van der Waals surface area contributed by atoms with Gasteiger partial charge >= 0.3 is 5.97 Å². The number of fused-ring (bicyclic) bond motifs is 1. The summed E-state index contributed by atoms with van der Waals surface area (Å²) in [4.78, 5) is 12.8. The number of nitrogens with zero attached hydrogens (tertiary/aromatic N) is 1. The minimum Gasteiger partial charge on any atom is -0.490 e. The van der Waals surface area contributed by atoms with Gasteiger partial charge in [-0.05, 0) is 55.0 Å². The van der Waals surface area contributed by atoms with Crippen LogP contribution in [0.2, 0.25) is 15.1 Å². The van der Waals surface area contributed by atoms with Gasteiger partial charge in [-0.25, -0.2) is 4.79 Å². The first-order valence-electron chi connectivity index (χ1n) is 12.8. The number of nitrogens with two attached hydrogens (primary N) is 1. The smallest absolute Gasteiger partial charge is 0.345 e. The highest BCUT2D eigenvalue weighted by atomic mass is 35.5. The molecular formula is C32H23Cl3N2O5. The molecule has 0 saturated heterocycles. The largest absolute Gasteiger partial charge is 0.490 e. The zero-order chi connectivity index (χ0) is 29.8. The molecule has 1 unspecified atom stereocenters. The summed E-state index contributed by atoms with van der Waals surface area (Å²) >= 11 is 18.4. The maximum Gasteiger partial charge on any atom is 0.345 e. The third-order valence-corrected chi connectivity index (χ3v) is 7.41. The van der Waals surface area contributed by atoms with Gasteiger partial charge in [0.2, 0.25) is 5.88 Å². The molecule has 0 aliphatic carbocycles. The van der Waals surface area contributed by atoms with Crippen LogP contribution in [0.1, 0.15) is 39.9 Å². The highest BCUT2D eigenvalue weighted by Crippen LogP contribution is 2.45. The average Bonchev–Trinajstić information content (AvgIpc) is 2.96. The lowest BCUT2D eigenvalue weighted by Crippen LogP contribution is -2.21. The molecule has 42 heavy (non-hydrogen) atoms. The van der Waals surface area contributed by atoms with Gasteiger partial charge in [0, 0.05) is 27.2 Å². The van der Waals surface area contributed by atoms with Crippen LogP contribution in [0.4, 0.5) is 0 Å². The van der Waals surface area contributed by atoms with Crippen molar-refractivity contribution in [3.63, 3.8) is 0 Å². The van der Waals surface area contributed by atoms with Crippen molar-refractivity contribution < 1.29 is 23.7 Å². The second kappa shape index (κ2) is 12.7. The third kappa shape index (κ3) is 6.12. The molecule has 1 heterocycles. The standard InChI is InChI=1S/C32H23Cl3N2O5/c1-2-39-29-13-18(7-12-27(29)40-17-19-5-3-4-6-25(19)34)30-23-11-9-21(15-28(23)42-31(37)24(30)16-36)41-32(38)22-10-8-20(33)14-26(22)35/h3-15,30H,2,17,37H2,1H3. The van der Waals surface area contributed by atoms with Crippen LogP contribution in [0.15, 0.2) is 90.3 Å². The van der Waals surface area contributed by atoms with Crippen molar-refractivity contribution in [2.75, 3.05) is 6.61 Å². The Bertz CT molecular complexity index is 1750. The third-order valence-electron chi connectivity index (χ3n) is 6.49. The Morgan fingerprint density at radius 3 is 2.50 bits per heavy atom. The van der Waals surface area contributed by atoms with Crippen molar-refractivity contribution >= 4 is 40.8 Å². The SMILES string of the molecule is CCOc1cc(C2C(C#N)=C(N)Oc3cc(OC(=O)c4ccc(Cl)cc4Cl)ccc32)ccc1OCc1ccccc1Cl. The van der Waals surface area contributed by atoms with E-state index in [-0.39, 0.29) is 34.4 Å². The summed E-state index contributed by atoms with van der Waals surface area (Å²) in [6.07, 6.45) is 0. The van der Waals surface area contributed by atoms with E-state index in [4.69, 9.17) is 59.5 Å². The molecule has 1 aliphatic rings. The zero-order valence-electron chi connectivity index (χ0n) is 22.2. The number of carbonyl (C=O) groups is 1. The first-order valence-corrected chi connectivity index (χ1v) is 13.9. The number of hydrogen-bond donors (Lipinski definition) is 1. The second-order valence-electron chi connectivity index (χ2n) is 9.16. The van der Waals surface area contributed by atoms with Crippen LogP contribution in [-0.4, -0.2) is 12.6 Å². The van der Waals surface area contributed by atoms with Crippen molar-refractivity contribution in [3.05, 3.63) is 128 Å². The summed E-state index contributed by atoms with van der Waals surface area (Å²) in [6.45, 7) is 2.51. The van der Waals surface area contributed by atoms with Gasteiger partial charge in [0.15, 0.2) is 11.5 Å². The first-order chi connectivity index (χ1) is 20.3. The van der Waals surface area contributed by atoms with E-state index in [1.165, 1.54) is 18.2 Å². The molecule has 2 N–H and O–H groups in total. The van der Waals surface area contributed by atoms with Crippen LogP contribution in [0.3, 0.4) is 0 Å². The Morgan fingerprint density at radius 2 is 1.76 bits per heavy atom. The van der Waals surface area contributed by atoms with E-state index in [0.717, 1.165) is 11.1 Å². The highest BCUT2D eigenvalue weighted by Gasteiger charge is 2.32. The Hall–Kier alpha value is -4.35. The molecule has 10 heteroatoms. The van der Waals surface area contributed by atoms with Crippen molar-refractivity contribution in [3.8, 4) is 29.1 Å². The molecule has 4 aromatic carbocycles. The fraction of sp³-hybridized carbons (Fsp3) is 0.125. The van der Waals surface area contributed by atoms with Gasteiger partial charge in [-0.15, -0.1) is 0 Å². The molecule has 0 spiro atoms. The molecule has 0 aromatic heterocycles. The van der Waals surface area contributed by atoms with Gasteiger partial charge in [-0.3, -0.25) is 0 Å². The number of allylic oxidation sites excluding steroid dienone is 1. The molecule has 0 amide bonds. The van der Waals surface area contributed by atoms with E-state index >= 15 is 0 Å². The van der Waals surface area contributed by atoms with Crippen LogP contribution in [0, 0.1) is 11.3 Å². The molecular weight excluding hydrogens is 599 g/mol. The van der Waals surface area contributed by atoms with Crippen LogP contribution in [-0.2, 0) is 6.61 Å². The van der Waals surface area contributed by atoms with E-state index in [2.05, 4.69) is 6.07 Å². The van der Waals surface area contributed by atoms with Crippen LogP contribution in [0.25, 0.3) is 0 Å². The van der Waals surface area contributed by atoms with Gasteiger partial charge in [0.25, 0.3) is 0 Å². The molecule has 0 bridgehead atoms. The van der Waals surface area contributed by atoms with Crippen LogP contribution in [0.5, 0.6) is 23.0 Å². The summed E-state index contributed by atoms with van der Waals surface area (Å²) in [5.41, 5.74) is 8.79. The van der Waals surface area contributed by atoms with Crippen molar-refractivity contribution in [1.82, 2.24) is 0 Å². The Balaban J connectivity index is 1.46. The Morgan fingerprint density at radius 1 is 0.952 bits per heavy atom. The number of nitriles is 1. The summed E-state index contributed by atoms with van der Waals surface area (Å²) in [6, 6.07) is 24.4. The Kier molecular flexibility index (Phi) is 8.79. The number of esters is 1. The maximum absolute atomic E-state index is 12.8. The van der Waals surface area contributed by atoms with E-state index < -0.39 is 11.9 Å². The maximum atomic E-state index is 12.8. The molecule has 7 nitrogen and oxygen atoms in total. The van der Waals surface area contributed by atoms with Gasteiger partial charge in [-0.1, -0.05) is 65.1 Å². The number of halogens is 3. The fourth-order valence-electron chi connectivity index (χ4n) is 4.52. The normalized spacial score (nSPS) is 13.9. The molecule has 212 valence electrons. The lowest BCUT2D eigenvalue weighted by molar-refractivity contribution is 0.0734. The monoisotopic (exact) mass is 620 g/mol. The molecule has 1 atom stereocenters. The van der Waals surface area contributed by atoms with Gasteiger partial charge < -0.3 is 24.7 Å². The fourth-order valence-corrected chi connectivity index (χ4v) is 5.20. The highest BCUT2D eigenvalue weighted by molar-refractivity contribution is 6.36. The van der Waals surface area contributed by atoms with Gasteiger partial charge in [0.05, 0.1) is 23.1 Å². The predicted octanol–water partition coefficient (Wildman–Crippen LogP) is 8.06. The zero-order valence-corrected chi connectivity index (χ0v) is 24.5. The molecule has 0 radical (unpaired) electrons. The number of rotatable bonds is 8. The van der Waals surface area contributed by atoms with E-state index in [0.29, 0.717) is 39.5 Å². The topological polar surface area (TPSA) is 104 Å². The van der Waals surface area contributed by atoms with Gasteiger partial charge in [0.1, 0.15) is 29.7 Å². The summed E-state index contributed by atoms with van der Waals surface area (Å²) in [5, 5.41) is 11.2. The molecule has 4 aromatic rings. The lowest BCUT2D eigenvalue weighted by atomic mass is 9.83. The van der Waals surface area contributed by atoms with E-state index in [1.807, 2.05) is 37.3 Å². The molecule has 5 rings (SSSR count). The van der Waals surface area contributed by atoms with E-state index in [1.54, 1.807) is 30.3 Å². The number of hydrogen-bond acceptors (Lipinski definition) is 7. The summed E-state index contributed by atoms with van der Waals surface area (Å²) in [7, 11) is 0. The van der Waals surface area contributed by atoms with Crippen molar-refractivity contribution in [1.29, 1.82) is 5.26 Å². The number of benzene rings is 4. The minimum atomic E-state index is -0.668. The molecule has 0 saturated carbocycles. The molecule has 0 fully saturated rings. The number of carbonyl (C=O) groups excluding carboxylic acids is 1. The minimum absolute atomic E-state index is 0.0590. The van der Waals surface area contributed by atoms with E-state index in [9.17, 15) is 10.1 Å². The number of ether oxygens (including phenoxy) is 4. The quantitative estimate of drug-likeness (QED) is 0.157. The Labute approximate surface area is 257 Å². The van der Waals surface area contributed by atoms with Crippen molar-refractivity contribution in [2.24, 2.45) is 5.73 Å². The lowest BCUT2D eigenvalue weighted by Gasteiger charge is -2.27. The first kappa shape index (κ1) is 29.2.